The van der Waals surface area contributed by atoms with Gasteiger partial charge in [0.25, 0.3) is 0 Å². The van der Waals surface area contributed by atoms with Gasteiger partial charge < -0.3 is 15.2 Å². The molecule has 0 aliphatic rings. The maximum atomic E-state index is 12.5. The molecule has 0 atom stereocenters. The number of ether oxygens (including phenoxy) is 2. The number of sulfonamides is 1. The highest BCUT2D eigenvalue weighted by molar-refractivity contribution is 9.10. The van der Waals surface area contributed by atoms with E-state index >= 15 is 0 Å². The van der Waals surface area contributed by atoms with Crippen molar-refractivity contribution in [2.45, 2.75) is 37.1 Å². The molecule has 0 spiro atoms. The van der Waals surface area contributed by atoms with Gasteiger partial charge in [-0.1, -0.05) is 13.8 Å². The fraction of sp³-hybridized carbons (Fsp3) is 0.571. The Kier molecular flexibility index (Phi) is 6.66. The number of halogens is 1. The van der Waals surface area contributed by atoms with Crippen LogP contribution in [-0.2, 0) is 10.0 Å². The molecule has 0 saturated heterocycles. The summed E-state index contributed by atoms with van der Waals surface area (Å²) in [7, 11) is -0.773. The molecule has 22 heavy (non-hydrogen) atoms. The Hall–Kier alpha value is -0.830. The topological polar surface area (TPSA) is 90.7 Å². The minimum atomic E-state index is -3.71. The first-order valence-corrected chi connectivity index (χ1v) is 9.20. The lowest BCUT2D eigenvalue weighted by atomic mass is 9.95. The summed E-state index contributed by atoms with van der Waals surface area (Å²) in [4.78, 5) is 0.0831. The Morgan fingerprint density at radius 2 is 1.68 bits per heavy atom. The molecule has 8 heteroatoms. The van der Waals surface area contributed by atoms with Gasteiger partial charge in [-0.05, 0) is 34.8 Å². The molecule has 0 aromatic heterocycles. The van der Waals surface area contributed by atoms with Crippen molar-refractivity contribution in [2.24, 2.45) is 5.73 Å². The molecule has 0 unspecified atom stereocenters. The van der Waals surface area contributed by atoms with E-state index in [1.807, 2.05) is 13.8 Å². The summed E-state index contributed by atoms with van der Waals surface area (Å²) < 4.78 is 38.3. The summed E-state index contributed by atoms with van der Waals surface area (Å²) in [5.74, 6) is 0.791. The molecule has 1 aromatic carbocycles. The van der Waals surface area contributed by atoms with Gasteiger partial charge in [0.05, 0.1) is 14.2 Å². The quantitative estimate of drug-likeness (QED) is 0.705. The van der Waals surface area contributed by atoms with Gasteiger partial charge >= 0.3 is 0 Å². The van der Waals surface area contributed by atoms with Crippen LogP contribution in [0.2, 0.25) is 0 Å². The Bertz CT molecular complexity index is 616. The maximum absolute atomic E-state index is 12.5. The fourth-order valence-corrected chi connectivity index (χ4v) is 4.03. The average molecular weight is 395 g/mol. The first-order chi connectivity index (χ1) is 10.2. The second-order valence-electron chi connectivity index (χ2n) is 5.03. The first kappa shape index (κ1) is 19.2. The van der Waals surface area contributed by atoms with Crippen LogP contribution in [0.25, 0.3) is 0 Å². The third-order valence-corrected chi connectivity index (χ3v) is 6.11. The lowest BCUT2D eigenvalue weighted by Gasteiger charge is -2.26. The second kappa shape index (κ2) is 7.63. The summed E-state index contributed by atoms with van der Waals surface area (Å²) in [5.41, 5.74) is 5.58. The van der Waals surface area contributed by atoms with Crippen LogP contribution in [-0.4, -0.2) is 34.7 Å². The number of nitrogens with two attached hydrogens (primary N) is 1. The molecular weight excluding hydrogens is 372 g/mol. The minimum Gasteiger partial charge on any atom is -0.493 e. The highest BCUT2D eigenvalue weighted by atomic mass is 79.9. The molecule has 126 valence electrons. The summed E-state index contributed by atoms with van der Waals surface area (Å²) in [5, 5.41) is 0. The Labute approximate surface area is 140 Å². The predicted molar refractivity (Wildman–Crippen MR) is 89.9 cm³/mol. The lowest BCUT2D eigenvalue weighted by molar-refractivity contribution is 0.353. The molecule has 0 heterocycles. The standard InChI is InChI=1S/C14H23BrN2O4S/c1-5-14(16,6-2)9-17-22(18,19)13-8-12(21-4)11(20-3)7-10(13)15/h7-8,17H,5-6,9,16H2,1-4H3. The first-order valence-electron chi connectivity index (χ1n) is 6.93. The summed E-state index contributed by atoms with van der Waals surface area (Å²) >= 11 is 3.26. The summed E-state index contributed by atoms with van der Waals surface area (Å²) in [6.45, 7) is 4.04. The lowest BCUT2D eigenvalue weighted by Crippen LogP contribution is -2.49. The molecule has 0 bridgehead atoms. The van der Waals surface area contributed by atoms with Crippen LogP contribution in [0.1, 0.15) is 26.7 Å². The van der Waals surface area contributed by atoms with Crippen molar-refractivity contribution in [3.63, 3.8) is 0 Å². The smallest absolute Gasteiger partial charge is 0.241 e. The highest BCUT2D eigenvalue weighted by Crippen LogP contribution is 2.35. The Balaban J connectivity index is 3.13. The van der Waals surface area contributed by atoms with Gasteiger partial charge in [0.1, 0.15) is 4.90 Å². The molecule has 3 N–H and O–H groups in total. The monoisotopic (exact) mass is 394 g/mol. The minimum absolute atomic E-state index is 0.0831. The van der Waals surface area contributed by atoms with Gasteiger partial charge in [0.15, 0.2) is 11.5 Å². The van der Waals surface area contributed by atoms with Crippen molar-refractivity contribution < 1.29 is 17.9 Å². The number of methoxy groups -OCH3 is 2. The van der Waals surface area contributed by atoms with Crippen molar-refractivity contribution in [3.8, 4) is 11.5 Å². The number of hydrogen-bond acceptors (Lipinski definition) is 5. The molecule has 0 saturated carbocycles. The van der Waals surface area contributed by atoms with Gasteiger partial charge in [0, 0.05) is 22.6 Å². The second-order valence-corrected chi connectivity index (χ2v) is 7.62. The van der Waals surface area contributed by atoms with Gasteiger partial charge in [0.2, 0.25) is 10.0 Å². The van der Waals surface area contributed by atoms with E-state index in [0.29, 0.717) is 28.8 Å². The maximum Gasteiger partial charge on any atom is 0.241 e. The van der Waals surface area contributed by atoms with E-state index in [-0.39, 0.29) is 11.4 Å². The zero-order valence-electron chi connectivity index (χ0n) is 13.3. The number of nitrogens with one attached hydrogen (secondary N) is 1. The fourth-order valence-electron chi connectivity index (χ4n) is 1.86. The van der Waals surface area contributed by atoms with Crippen molar-refractivity contribution in [1.29, 1.82) is 0 Å². The van der Waals surface area contributed by atoms with Crippen molar-refractivity contribution in [2.75, 3.05) is 20.8 Å². The van der Waals surface area contributed by atoms with E-state index < -0.39 is 15.6 Å². The zero-order valence-corrected chi connectivity index (χ0v) is 15.7. The third kappa shape index (κ3) is 4.34. The molecule has 1 aromatic rings. The van der Waals surface area contributed by atoms with E-state index in [0.717, 1.165) is 0 Å². The largest absolute Gasteiger partial charge is 0.493 e. The number of hydrogen-bond donors (Lipinski definition) is 2. The van der Waals surface area contributed by atoms with Gasteiger partial charge in [-0.3, -0.25) is 0 Å². The molecule has 6 nitrogen and oxygen atoms in total. The molecule has 1 rings (SSSR count). The van der Waals surface area contributed by atoms with E-state index in [9.17, 15) is 8.42 Å². The van der Waals surface area contributed by atoms with Crippen LogP contribution in [0, 0.1) is 0 Å². The van der Waals surface area contributed by atoms with Gasteiger partial charge in [-0.2, -0.15) is 0 Å². The van der Waals surface area contributed by atoms with Crippen LogP contribution in [0.5, 0.6) is 11.5 Å². The predicted octanol–water partition coefficient (Wildman–Crippen LogP) is 2.26. The SMILES string of the molecule is CCC(N)(CC)CNS(=O)(=O)c1cc(OC)c(OC)cc1Br. The van der Waals surface area contributed by atoms with E-state index in [1.54, 1.807) is 6.07 Å². The highest BCUT2D eigenvalue weighted by Gasteiger charge is 2.26. The van der Waals surface area contributed by atoms with E-state index in [2.05, 4.69) is 20.7 Å². The molecule has 0 fully saturated rings. The van der Waals surface area contributed by atoms with Crippen LogP contribution in [0.15, 0.2) is 21.5 Å². The molecule has 0 aliphatic carbocycles. The molecule has 0 aliphatic heterocycles. The van der Waals surface area contributed by atoms with Gasteiger partial charge in [-0.25, -0.2) is 13.1 Å². The Morgan fingerprint density at radius 3 is 2.14 bits per heavy atom. The van der Waals surface area contributed by atoms with Crippen LogP contribution >= 0.6 is 15.9 Å². The summed E-state index contributed by atoms with van der Waals surface area (Å²) in [6.07, 6.45) is 1.36. The average Bonchev–Trinajstić information content (AvgIpc) is 2.52. The van der Waals surface area contributed by atoms with E-state index in [1.165, 1.54) is 20.3 Å². The van der Waals surface area contributed by atoms with Crippen LogP contribution in [0.4, 0.5) is 0 Å². The normalized spacial score (nSPS) is 12.3. The number of rotatable bonds is 8. The number of benzene rings is 1. The zero-order chi connectivity index (χ0) is 17.0. The molecule has 0 amide bonds. The van der Waals surface area contributed by atoms with Crippen LogP contribution < -0.4 is 19.9 Å². The van der Waals surface area contributed by atoms with Crippen molar-refractivity contribution in [3.05, 3.63) is 16.6 Å². The Morgan fingerprint density at radius 1 is 1.18 bits per heavy atom. The van der Waals surface area contributed by atoms with E-state index in [4.69, 9.17) is 15.2 Å². The van der Waals surface area contributed by atoms with Crippen LogP contribution in [0.3, 0.4) is 0 Å². The third-order valence-electron chi connectivity index (χ3n) is 3.75. The van der Waals surface area contributed by atoms with Crippen molar-refractivity contribution in [1.82, 2.24) is 4.72 Å². The van der Waals surface area contributed by atoms with Gasteiger partial charge in [-0.15, -0.1) is 0 Å². The molecular formula is C14H23BrN2O4S. The summed E-state index contributed by atoms with van der Waals surface area (Å²) in [6, 6.07) is 2.98. The molecule has 0 radical (unpaired) electrons. The van der Waals surface area contributed by atoms with Crippen molar-refractivity contribution >= 4 is 26.0 Å².